The summed E-state index contributed by atoms with van der Waals surface area (Å²) in [7, 11) is 0. The van der Waals surface area contributed by atoms with E-state index in [-0.39, 0.29) is 6.09 Å². The quantitative estimate of drug-likeness (QED) is 0.703. The molecule has 2 unspecified atom stereocenters. The monoisotopic (exact) mass is 211 g/mol. The number of hydrogen-bond donors (Lipinski definition) is 0. The average molecular weight is 211 g/mol. The molecule has 0 aromatic rings. The molecule has 0 aromatic carbocycles. The maximum Gasteiger partial charge on any atom is 0.410 e. The molecule has 0 radical (unpaired) electrons. The minimum absolute atomic E-state index is 0.0729. The Bertz CT molecular complexity index is 228. The number of ether oxygens (including phenoxy) is 1. The molecule has 2 aliphatic rings. The van der Waals surface area contributed by atoms with Gasteiger partial charge in [0.1, 0.15) is 0 Å². The molecule has 2 fully saturated rings. The summed E-state index contributed by atoms with van der Waals surface area (Å²) in [6, 6.07) is 0.922. The van der Waals surface area contributed by atoms with Crippen LogP contribution < -0.4 is 0 Å². The van der Waals surface area contributed by atoms with Gasteiger partial charge >= 0.3 is 6.09 Å². The van der Waals surface area contributed by atoms with Crippen LogP contribution in [-0.2, 0) is 4.74 Å². The zero-order valence-corrected chi connectivity index (χ0v) is 9.74. The molecule has 1 amide bonds. The van der Waals surface area contributed by atoms with Gasteiger partial charge in [0.2, 0.25) is 0 Å². The Morgan fingerprint density at radius 1 is 1.33 bits per heavy atom. The van der Waals surface area contributed by atoms with E-state index in [0.29, 0.717) is 18.7 Å². The molecule has 0 aliphatic carbocycles. The largest absolute Gasteiger partial charge is 0.449 e. The fourth-order valence-corrected chi connectivity index (χ4v) is 3.01. The number of nitrogens with zero attached hydrogens (tertiary/aromatic N) is 1. The van der Waals surface area contributed by atoms with Gasteiger partial charge in [-0.25, -0.2) is 4.79 Å². The lowest BCUT2D eigenvalue weighted by molar-refractivity contribution is 0.0598. The van der Waals surface area contributed by atoms with Crippen molar-refractivity contribution in [3.63, 3.8) is 0 Å². The van der Waals surface area contributed by atoms with Gasteiger partial charge in [-0.05, 0) is 38.0 Å². The standard InChI is InChI=1S/C12H21NO2/c1-3-6-15-12(14)13-10-4-5-11(13)8-9(2)7-10/h9-11H,3-8H2,1-2H3. The van der Waals surface area contributed by atoms with E-state index >= 15 is 0 Å². The highest BCUT2D eigenvalue weighted by Crippen LogP contribution is 2.38. The Hall–Kier alpha value is -0.730. The molecule has 0 saturated carbocycles. The van der Waals surface area contributed by atoms with Gasteiger partial charge in [-0.2, -0.15) is 0 Å². The van der Waals surface area contributed by atoms with Gasteiger partial charge < -0.3 is 9.64 Å². The third kappa shape index (κ3) is 2.11. The second-order valence-corrected chi connectivity index (χ2v) is 4.98. The van der Waals surface area contributed by atoms with Crippen LogP contribution in [0.3, 0.4) is 0 Å². The molecule has 0 aromatic heterocycles. The lowest BCUT2D eigenvalue weighted by Gasteiger charge is -2.36. The molecule has 3 heteroatoms. The lowest BCUT2D eigenvalue weighted by atomic mass is 9.93. The minimum atomic E-state index is -0.0729. The maximum absolute atomic E-state index is 11.8. The third-order valence-corrected chi connectivity index (χ3v) is 3.61. The first-order chi connectivity index (χ1) is 7.22. The van der Waals surface area contributed by atoms with Crippen molar-refractivity contribution in [3.8, 4) is 0 Å². The van der Waals surface area contributed by atoms with Crippen LogP contribution in [0.5, 0.6) is 0 Å². The van der Waals surface area contributed by atoms with E-state index in [0.717, 1.165) is 25.2 Å². The molecular formula is C12H21NO2. The van der Waals surface area contributed by atoms with Crippen LogP contribution in [-0.4, -0.2) is 29.7 Å². The molecule has 2 atom stereocenters. The van der Waals surface area contributed by atoms with Gasteiger partial charge in [-0.15, -0.1) is 0 Å². The van der Waals surface area contributed by atoms with Crippen LogP contribution in [0.1, 0.15) is 46.0 Å². The van der Waals surface area contributed by atoms with Crippen LogP contribution in [0.4, 0.5) is 4.79 Å². The molecule has 2 bridgehead atoms. The molecule has 2 aliphatic heterocycles. The molecule has 86 valence electrons. The van der Waals surface area contributed by atoms with Crippen molar-refractivity contribution in [1.29, 1.82) is 0 Å². The van der Waals surface area contributed by atoms with Gasteiger partial charge in [0.25, 0.3) is 0 Å². The van der Waals surface area contributed by atoms with Crippen molar-refractivity contribution < 1.29 is 9.53 Å². The first-order valence-corrected chi connectivity index (χ1v) is 6.17. The van der Waals surface area contributed by atoms with Gasteiger partial charge in [0.05, 0.1) is 6.61 Å². The molecule has 2 rings (SSSR count). The van der Waals surface area contributed by atoms with Gasteiger partial charge in [0.15, 0.2) is 0 Å². The van der Waals surface area contributed by atoms with E-state index in [1.54, 1.807) is 0 Å². The first-order valence-electron chi connectivity index (χ1n) is 6.17. The number of carbonyl (C=O) groups is 1. The molecular weight excluding hydrogens is 190 g/mol. The predicted molar refractivity (Wildman–Crippen MR) is 58.7 cm³/mol. The Morgan fingerprint density at radius 2 is 1.93 bits per heavy atom. The number of rotatable bonds is 2. The Balaban J connectivity index is 1.95. The van der Waals surface area contributed by atoms with E-state index < -0.39 is 0 Å². The van der Waals surface area contributed by atoms with E-state index in [2.05, 4.69) is 6.92 Å². The SMILES string of the molecule is CCCOC(=O)N1C2CCC1CC(C)C2. The summed E-state index contributed by atoms with van der Waals surface area (Å²) in [6.45, 7) is 4.88. The summed E-state index contributed by atoms with van der Waals surface area (Å²) in [6.07, 6.45) is 5.52. The summed E-state index contributed by atoms with van der Waals surface area (Å²) in [5.41, 5.74) is 0. The summed E-state index contributed by atoms with van der Waals surface area (Å²) in [5.74, 6) is 0.776. The normalized spacial score (nSPS) is 34.3. The fourth-order valence-electron chi connectivity index (χ4n) is 3.01. The number of piperidine rings is 1. The van der Waals surface area contributed by atoms with Crippen molar-refractivity contribution in [2.75, 3.05) is 6.61 Å². The highest BCUT2D eigenvalue weighted by molar-refractivity contribution is 5.69. The number of amides is 1. The number of carbonyl (C=O) groups excluding carboxylic acids is 1. The summed E-state index contributed by atoms with van der Waals surface area (Å²) >= 11 is 0. The topological polar surface area (TPSA) is 29.5 Å². The summed E-state index contributed by atoms with van der Waals surface area (Å²) < 4.78 is 5.23. The second-order valence-electron chi connectivity index (χ2n) is 4.98. The van der Waals surface area contributed by atoms with Gasteiger partial charge in [-0.1, -0.05) is 13.8 Å². The van der Waals surface area contributed by atoms with Crippen molar-refractivity contribution in [2.24, 2.45) is 5.92 Å². The minimum Gasteiger partial charge on any atom is -0.449 e. The van der Waals surface area contributed by atoms with E-state index in [4.69, 9.17) is 4.74 Å². The van der Waals surface area contributed by atoms with Crippen LogP contribution in [0.25, 0.3) is 0 Å². The van der Waals surface area contributed by atoms with E-state index in [1.165, 1.54) is 12.8 Å². The lowest BCUT2D eigenvalue weighted by Crippen LogP contribution is -2.46. The summed E-state index contributed by atoms with van der Waals surface area (Å²) in [4.78, 5) is 13.8. The smallest absolute Gasteiger partial charge is 0.410 e. The van der Waals surface area contributed by atoms with Crippen LogP contribution >= 0.6 is 0 Å². The van der Waals surface area contributed by atoms with Crippen molar-refractivity contribution in [3.05, 3.63) is 0 Å². The number of hydrogen-bond acceptors (Lipinski definition) is 2. The van der Waals surface area contributed by atoms with Crippen LogP contribution in [0.15, 0.2) is 0 Å². The molecule has 0 N–H and O–H groups in total. The first kappa shape index (κ1) is 10.8. The van der Waals surface area contributed by atoms with Gasteiger partial charge in [0, 0.05) is 12.1 Å². The van der Waals surface area contributed by atoms with Gasteiger partial charge in [-0.3, -0.25) is 0 Å². The predicted octanol–water partition coefficient (Wildman–Crippen LogP) is 2.80. The van der Waals surface area contributed by atoms with E-state index in [1.807, 2.05) is 11.8 Å². The maximum atomic E-state index is 11.8. The van der Waals surface area contributed by atoms with Crippen molar-refractivity contribution >= 4 is 6.09 Å². The molecule has 0 spiro atoms. The zero-order valence-electron chi connectivity index (χ0n) is 9.74. The highest BCUT2D eigenvalue weighted by atomic mass is 16.6. The Kier molecular flexibility index (Phi) is 3.17. The second kappa shape index (κ2) is 4.42. The average Bonchev–Trinajstić information content (AvgIpc) is 2.48. The number of fused-ring (bicyclic) bond motifs is 2. The molecule has 15 heavy (non-hydrogen) atoms. The fraction of sp³-hybridized carbons (Fsp3) is 0.917. The molecule has 2 saturated heterocycles. The van der Waals surface area contributed by atoms with E-state index in [9.17, 15) is 4.79 Å². The van der Waals surface area contributed by atoms with Crippen molar-refractivity contribution in [2.45, 2.75) is 58.0 Å². The Labute approximate surface area is 91.8 Å². The summed E-state index contributed by atoms with van der Waals surface area (Å²) in [5, 5.41) is 0. The Morgan fingerprint density at radius 3 is 2.47 bits per heavy atom. The third-order valence-electron chi connectivity index (χ3n) is 3.61. The van der Waals surface area contributed by atoms with Crippen LogP contribution in [0, 0.1) is 5.92 Å². The van der Waals surface area contributed by atoms with Crippen molar-refractivity contribution in [1.82, 2.24) is 4.90 Å². The van der Waals surface area contributed by atoms with Crippen LogP contribution in [0.2, 0.25) is 0 Å². The molecule has 3 nitrogen and oxygen atoms in total. The molecule has 2 heterocycles. The highest BCUT2D eigenvalue weighted by Gasteiger charge is 2.42. The zero-order chi connectivity index (χ0) is 10.8.